The van der Waals surface area contributed by atoms with Gasteiger partial charge >= 0.3 is 0 Å². The van der Waals surface area contributed by atoms with Crippen molar-refractivity contribution >= 4 is 16.9 Å². The van der Waals surface area contributed by atoms with E-state index in [2.05, 4.69) is 16.8 Å². The smallest absolute Gasteiger partial charge is 0.191 e. The van der Waals surface area contributed by atoms with Crippen molar-refractivity contribution in [2.24, 2.45) is 16.6 Å². The summed E-state index contributed by atoms with van der Waals surface area (Å²) in [6.07, 6.45) is 2.48. The van der Waals surface area contributed by atoms with Crippen LogP contribution in [0.2, 0.25) is 0 Å². The summed E-state index contributed by atoms with van der Waals surface area (Å²) in [5, 5.41) is 1.11. The number of likely N-dealkylation sites (tertiary alicyclic amines) is 1. The van der Waals surface area contributed by atoms with Gasteiger partial charge in [-0.15, -0.1) is 0 Å². The molecule has 2 aromatic rings. The van der Waals surface area contributed by atoms with Crippen LogP contribution in [0.4, 0.5) is 0 Å². The van der Waals surface area contributed by atoms with Crippen molar-refractivity contribution in [3.8, 4) is 0 Å². The largest absolute Gasteiger partial charge is 0.459 e. The number of piperidine rings is 1. The predicted octanol–water partition coefficient (Wildman–Crippen LogP) is 2.98. The van der Waals surface area contributed by atoms with E-state index in [0.29, 0.717) is 18.4 Å². The Morgan fingerprint density at radius 3 is 3.10 bits per heavy atom. The molecule has 3 rings (SSSR count). The Hall–Kier alpha value is -1.97. The summed E-state index contributed by atoms with van der Waals surface area (Å²) in [4.78, 5) is 6.65. The average Bonchev–Trinajstić information content (AvgIpc) is 2.87. The van der Waals surface area contributed by atoms with Gasteiger partial charge in [-0.05, 0) is 30.9 Å². The molecule has 0 amide bonds. The maximum Gasteiger partial charge on any atom is 0.191 e. The highest BCUT2D eigenvalue weighted by Gasteiger charge is 2.17. The van der Waals surface area contributed by atoms with E-state index in [9.17, 15) is 0 Å². The van der Waals surface area contributed by atoms with Crippen LogP contribution in [-0.2, 0) is 6.54 Å². The van der Waals surface area contributed by atoms with E-state index in [1.807, 2.05) is 30.3 Å². The second kappa shape index (κ2) is 5.57. The lowest BCUT2D eigenvalue weighted by Gasteiger charge is -2.31. The molecule has 0 aliphatic carbocycles. The topological polar surface area (TPSA) is 54.8 Å². The van der Waals surface area contributed by atoms with E-state index in [0.717, 1.165) is 29.8 Å². The molecule has 4 nitrogen and oxygen atoms in total. The van der Waals surface area contributed by atoms with Crippen molar-refractivity contribution in [1.29, 1.82) is 0 Å². The fourth-order valence-corrected chi connectivity index (χ4v) is 2.77. The number of aliphatic imine (C=N–C) groups is 1. The summed E-state index contributed by atoms with van der Waals surface area (Å²) in [7, 11) is 0. The number of fused-ring (bicyclic) bond motifs is 1. The Bertz CT molecular complexity index is 584. The number of guanidine groups is 1. The third-order valence-electron chi connectivity index (χ3n) is 3.85. The second-order valence-electron chi connectivity index (χ2n) is 5.62. The Morgan fingerprint density at radius 1 is 1.45 bits per heavy atom. The van der Waals surface area contributed by atoms with Crippen molar-refractivity contribution in [3.05, 3.63) is 36.1 Å². The normalized spacial score (nSPS) is 20.6. The van der Waals surface area contributed by atoms with E-state index >= 15 is 0 Å². The van der Waals surface area contributed by atoms with Gasteiger partial charge in [-0.2, -0.15) is 0 Å². The Morgan fingerprint density at radius 2 is 2.30 bits per heavy atom. The average molecular weight is 271 g/mol. The first-order valence-corrected chi connectivity index (χ1v) is 7.24. The second-order valence-corrected chi connectivity index (χ2v) is 5.62. The number of nitrogens with zero attached hydrogens (tertiary/aromatic N) is 2. The summed E-state index contributed by atoms with van der Waals surface area (Å²) < 4.78 is 5.75. The van der Waals surface area contributed by atoms with Crippen molar-refractivity contribution in [3.63, 3.8) is 0 Å². The van der Waals surface area contributed by atoms with Crippen molar-refractivity contribution in [2.45, 2.75) is 26.3 Å². The fourth-order valence-electron chi connectivity index (χ4n) is 2.77. The molecule has 2 heterocycles. The maximum absolute atomic E-state index is 6.09. The highest BCUT2D eigenvalue weighted by atomic mass is 16.3. The highest BCUT2D eigenvalue weighted by Crippen LogP contribution is 2.19. The van der Waals surface area contributed by atoms with Crippen LogP contribution in [0.15, 0.2) is 39.7 Å². The zero-order chi connectivity index (χ0) is 13.9. The zero-order valence-electron chi connectivity index (χ0n) is 11.9. The fraction of sp³-hybridized carbons (Fsp3) is 0.438. The lowest BCUT2D eigenvalue weighted by atomic mass is 10.0. The van der Waals surface area contributed by atoms with Gasteiger partial charge < -0.3 is 15.1 Å². The first-order chi connectivity index (χ1) is 9.72. The first-order valence-electron chi connectivity index (χ1n) is 7.24. The quantitative estimate of drug-likeness (QED) is 0.675. The molecule has 1 aliphatic heterocycles. The van der Waals surface area contributed by atoms with Gasteiger partial charge in [-0.3, -0.25) is 0 Å². The molecule has 4 heteroatoms. The van der Waals surface area contributed by atoms with Gasteiger partial charge in [-0.25, -0.2) is 4.99 Å². The van der Waals surface area contributed by atoms with Crippen LogP contribution >= 0.6 is 0 Å². The molecule has 2 N–H and O–H groups in total. The van der Waals surface area contributed by atoms with E-state index in [1.165, 1.54) is 12.8 Å². The molecule has 1 atom stereocenters. The lowest BCUT2D eigenvalue weighted by Crippen LogP contribution is -2.43. The molecule has 1 aromatic heterocycles. The van der Waals surface area contributed by atoms with E-state index < -0.39 is 0 Å². The van der Waals surface area contributed by atoms with Crippen molar-refractivity contribution in [2.75, 3.05) is 13.1 Å². The van der Waals surface area contributed by atoms with E-state index in [-0.39, 0.29) is 0 Å². The number of nitrogens with two attached hydrogens (primary N) is 1. The monoisotopic (exact) mass is 271 g/mol. The minimum atomic E-state index is 0.505. The number of rotatable bonds is 2. The number of hydrogen-bond donors (Lipinski definition) is 1. The summed E-state index contributed by atoms with van der Waals surface area (Å²) in [5.74, 6) is 2.19. The Kier molecular flexibility index (Phi) is 3.63. The van der Waals surface area contributed by atoms with Gasteiger partial charge in [0.1, 0.15) is 17.9 Å². The van der Waals surface area contributed by atoms with Gasteiger partial charge in [-0.1, -0.05) is 25.1 Å². The molecule has 0 saturated carbocycles. The van der Waals surface area contributed by atoms with Gasteiger partial charge in [0.05, 0.1) is 0 Å². The van der Waals surface area contributed by atoms with E-state index in [4.69, 9.17) is 10.2 Å². The van der Waals surface area contributed by atoms with Crippen LogP contribution < -0.4 is 5.73 Å². The molecule has 0 spiro atoms. The molecule has 20 heavy (non-hydrogen) atoms. The molecular weight excluding hydrogens is 250 g/mol. The number of furan rings is 1. The summed E-state index contributed by atoms with van der Waals surface area (Å²) >= 11 is 0. The van der Waals surface area contributed by atoms with Gasteiger partial charge in [0.2, 0.25) is 0 Å². The van der Waals surface area contributed by atoms with Crippen molar-refractivity contribution < 1.29 is 4.42 Å². The zero-order valence-corrected chi connectivity index (χ0v) is 11.9. The van der Waals surface area contributed by atoms with Crippen LogP contribution in [0.5, 0.6) is 0 Å². The predicted molar refractivity (Wildman–Crippen MR) is 81.5 cm³/mol. The minimum Gasteiger partial charge on any atom is -0.459 e. The maximum atomic E-state index is 6.09. The molecule has 0 bridgehead atoms. The van der Waals surface area contributed by atoms with Gasteiger partial charge in [0, 0.05) is 18.5 Å². The summed E-state index contributed by atoms with van der Waals surface area (Å²) in [6.45, 7) is 4.79. The van der Waals surface area contributed by atoms with Gasteiger partial charge in [0.15, 0.2) is 5.96 Å². The number of benzene rings is 1. The van der Waals surface area contributed by atoms with Crippen LogP contribution in [0.1, 0.15) is 25.5 Å². The molecule has 1 unspecified atom stereocenters. The SMILES string of the molecule is CC1CCCN(C(N)=NCc2cc3ccccc3o2)C1. The molecule has 1 aromatic carbocycles. The summed E-state index contributed by atoms with van der Waals surface area (Å²) in [5.41, 5.74) is 6.99. The molecule has 0 radical (unpaired) electrons. The summed E-state index contributed by atoms with van der Waals surface area (Å²) in [6, 6.07) is 10.0. The van der Waals surface area contributed by atoms with Crippen LogP contribution in [0.3, 0.4) is 0 Å². The minimum absolute atomic E-state index is 0.505. The number of para-hydroxylation sites is 1. The standard InChI is InChI=1S/C16H21N3O/c1-12-5-4-8-19(11-12)16(17)18-10-14-9-13-6-2-3-7-15(13)20-14/h2-3,6-7,9,12H,4-5,8,10-11H2,1H3,(H2,17,18). The Balaban J connectivity index is 1.69. The third kappa shape index (κ3) is 2.79. The molecule has 106 valence electrons. The van der Waals surface area contributed by atoms with Crippen LogP contribution in [0, 0.1) is 5.92 Å². The van der Waals surface area contributed by atoms with Crippen LogP contribution in [-0.4, -0.2) is 23.9 Å². The molecular formula is C16H21N3O. The number of hydrogen-bond acceptors (Lipinski definition) is 2. The van der Waals surface area contributed by atoms with Crippen LogP contribution in [0.25, 0.3) is 11.0 Å². The van der Waals surface area contributed by atoms with Crippen molar-refractivity contribution in [1.82, 2.24) is 4.90 Å². The molecule has 1 saturated heterocycles. The van der Waals surface area contributed by atoms with E-state index in [1.54, 1.807) is 0 Å². The highest BCUT2D eigenvalue weighted by molar-refractivity contribution is 5.79. The lowest BCUT2D eigenvalue weighted by molar-refractivity contribution is 0.270. The van der Waals surface area contributed by atoms with Gasteiger partial charge in [0.25, 0.3) is 0 Å². The first kappa shape index (κ1) is 13.0. The molecule has 1 aliphatic rings. The Labute approximate surface area is 119 Å². The molecule has 1 fully saturated rings. The third-order valence-corrected chi connectivity index (χ3v) is 3.85.